The zero-order chi connectivity index (χ0) is 12.0. The molecular weight excluding hydrogens is 198 g/mol. The molecule has 0 aliphatic rings. The van der Waals surface area contributed by atoms with Gasteiger partial charge in [-0.3, -0.25) is 0 Å². The van der Waals surface area contributed by atoms with Gasteiger partial charge in [-0.05, 0) is 24.0 Å². The van der Waals surface area contributed by atoms with Crippen LogP contribution in [0.1, 0.15) is 50.7 Å². The lowest BCUT2D eigenvalue weighted by molar-refractivity contribution is 0.281. The van der Waals surface area contributed by atoms with Gasteiger partial charge < -0.3 is 10.8 Å². The van der Waals surface area contributed by atoms with Gasteiger partial charge in [0.05, 0.1) is 6.61 Å². The summed E-state index contributed by atoms with van der Waals surface area (Å²) < 4.78 is 0. The summed E-state index contributed by atoms with van der Waals surface area (Å²) in [4.78, 5) is 0. The Balaban J connectivity index is 2.91. The van der Waals surface area contributed by atoms with Crippen LogP contribution in [-0.4, -0.2) is 5.11 Å². The van der Waals surface area contributed by atoms with E-state index in [-0.39, 0.29) is 12.1 Å². The molecule has 0 saturated heterocycles. The van der Waals surface area contributed by atoms with Crippen LogP contribution in [0.3, 0.4) is 0 Å². The quantitative estimate of drug-likeness (QED) is 0.776. The van der Waals surface area contributed by atoms with Gasteiger partial charge in [-0.1, -0.05) is 51.0 Å². The molecule has 0 saturated carbocycles. The van der Waals surface area contributed by atoms with E-state index in [9.17, 15) is 0 Å². The molecule has 0 radical (unpaired) electrons. The molecule has 0 aliphatic carbocycles. The lowest BCUT2D eigenvalue weighted by Gasteiger charge is -2.29. The Labute approximate surface area is 98.5 Å². The van der Waals surface area contributed by atoms with Crippen molar-refractivity contribution in [3.8, 4) is 0 Å². The van der Waals surface area contributed by atoms with Crippen molar-refractivity contribution in [1.82, 2.24) is 0 Å². The van der Waals surface area contributed by atoms with Crippen LogP contribution in [0, 0.1) is 0 Å². The average molecular weight is 221 g/mol. The molecule has 1 rings (SSSR count). The third-order valence-corrected chi connectivity index (χ3v) is 3.10. The van der Waals surface area contributed by atoms with Crippen LogP contribution in [0.15, 0.2) is 24.3 Å². The van der Waals surface area contributed by atoms with Crippen LogP contribution >= 0.6 is 0 Å². The van der Waals surface area contributed by atoms with Gasteiger partial charge in [0, 0.05) is 5.54 Å². The number of benzene rings is 1. The molecule has 0 fully saturated rings. The molecule has 16 heavy (non-hydrogen) atoms. The first-order valence-corrected chi connectivity index (χ1v) is 6.15. The molecule has 0 heterocycles. The van der Waals surface area contributed by atoms with Gasteiger partial charge in [0.25, 0.3) is 0 Å². The molecule has 0 aromatic heterocycles. The fourth-order valence-electron chi connectivity index (χ4n) is 2.25. The normalized spacial score (nSPS) is 11.8. The second kappa shape index (κ2) is 6.02. The second-order valence-electron chi connectivity index (χ2n) is 4.51. The number of hydrogen-bond acceptors (Lipinski definition) is 2. The number of aliphatic hydroxyl groups excluding tert-OH is 1. The molecule has 0 aliphatic heterocycles. The third-order valence-electron chi connectivity index (χ3n) is 3.10. The van der Waals surface area contributed by atoms with Gasteiger partial charge in [-0.15, -0.1) is 0 Å². The maximum atomic E-state index is 9.01. The van der Waals surface area contributed by atoms with E-state index in [4.69, 9.17) is 10.8 Å². The fraction of sp³-hybridized carbons (Fsp3) is 0.571. The molecule has 90 valence electrons. The first-order valence-electron chi connectivity index (χ1n) is 6.15. The number of aliphatic hydroxyl groups is 1. The van der Waals surface area contributed by atoms with Gasteiger partial charge in [0.15, 0.2) is 0 Å². The molecule has 0 amide bonds. The van der Waals surface area contributed by atoms with E-state index >= 15 is 0 Å². The van der Waals surface area contributed by atoms with E-state index in [2.05, 4.69) is 26.0 Å². The summed E-state index contributed by atoms with van der Waals surface area (Å²) in [6.07, 6.45) is 4.22. The molecule has 3 N–H and O–H groups in total. The Bertz CT molecular complexity index is 299. The first kappa shape index (κ1) is 13.2. The van der Waals surface area contributed by atoms with Crippen LogP contribution in [0.25, 0.3) is 0 Å². The molecule has 0 unspecified atom stereocenters. The molecule has 0 spiro atoms. The lowest BCUT2D eigenvalue weighted by atomic mass is 9.82. The van der Waals surface area contributed by atoms with E-state index in [0.29, 0.717) is 0 Å². The maximum absolute atomic E-state index is 9.01. The smallest absolute Gasteiger partial charge is 0.0681 e. The Hall–Kier alpha value is -0.860. The van der Waals surface area contributed by atoms with E-state index in [0.717, 1.165) is 31.2 Å². The fourth-order valence-corrected chi connectivity index (χ4v) is 2.25. The zero-order valence-electron chi connectivity index (χ0n) is 10.4. The Morgan fingerprint density at radius 1 is 1.06 bits per heavy atom. The van der Waals surface area contributed by atoms with Crippen molar-refractivity contribution in [3.05, 3.63) is 35.4 Å². The Morgan fingerprint density at radius 2 is 1.56 bits per heavy atom. The minimum Gasteiger partial charge on any atom is -0.392 e. The van der Waals surface area contributed by atoms with Gasteiger partial charge in [-0.25, -0.2) is 0 Å². The summed E-state index contributed by atoms with van der Waals surface area (Å²) in [5, 5.41) is 9.01. The van der Waals surface area contributed by atoms with Crippen molar-refractivity contribution >= 4 is 0 Å². The molecule has 2 heteroatoms. The molecular formula is C14H23NO. The highest BCUT2D eigenvalue weighted by Gasteiger charge is 2.24. The predicted molar refractivity (Wildman–Crippen MR) is 68.0 cm³/mol. The number of hydrogen-bond donors (Lipinski definition) is 2. The van der Waals surface area contributed by atoms with E-state index in [1.54, 1.807) is 0 Å². The van der Waals surface area contributed by atoms with Crippen molar-refractivity contribution in [2.45, 2.75) is 51.7 Å². The summed E-state index contributed by atoms with van der Waals surface area (Å²) in [6.45, 7) is 4.43. The predicted octanol–water partition coefficient (Wildman–Crippen LogP) is 2.93. The van der Waals surface area contributed by atoms with Crippen LogP contribution in [0.5, 0.6) is 0 Å². The number of rotatable bonds is 6. The van der Waals surface area contributed by atoms with Crippen LogP contribution in [0.2, 0.25) is 0 Å². The second-order valence-corrected chi connectivity index (χ2v) is 4.51. The highest BCUT2D eigenvalue weighted by molar-refractivity contribution is 5.28. The summed E-state index contributed by atoms with van der Waals surface area (Å²) in [7, 11) is 0. The van der Waals surface area contributed by atoms with Gasteiger partial charge in [0.2, 0.25) is 0 Å². The zero-order valence-corrected chi connectivity index (χ0v) is 10.4. The molecule has 2 nitrogen and oxygen atoms in total. The minimum atomic E-state index is -0.197. The average Bonchev–Trinajstić information content (AvgIpc) is 2.30. The van der Waals surface area contributed by atoms with Crippen LogP contribution in [0.4, 0.5) is 0 Å². The molecule has 1 aromatic rings. The lowest BCUT2D eigenvalue weighted by Crippen LogP contribution is -2.36. The molecule has 1 aromatic carbocycles. The summed E-state index contributed by atoms with van der Waals surface area (Å²) >= 11 is 0. The van der Waals surface area contributed by atoms with Gasteiger partial charge >= 0.3 is 0 Å². The molecule has 0 bridgehead atoms. The topological polar surface area (TPSA) is 46.2 Å². The van der Waals surface area contributed by atoms with E-state index in [1.165, 1.54) is 5.56 Å². The largest absolute Gasteiger partial charge is 0.392 e. The van der Waals surface area contributed by atoms with Crippen molar-refractivity contribution in [2.75, 3.05) is 0 Å². The SMILES string of the molecule is CCCC(N)(CCC)c1ccc(CO)cc1. The van der Waals surface area contributed by atoms with Gasteiger partial charge in [0.1, 0.15) is 0 Å². The monoisotopic (exact) mass is 221 g/mol. The van der Waals surface area contributed by atoms with E-state index < -0.39 is 0 Å². The Kier molecular flexibility index (Phi) is 4.97. The van der Waals surface area contributed by atoms with Crippen molar-refractivity contribution in [3.63, 3.8) is 0 Å². The van der Waals surface area contributed by atoms with Crippen LogP contribution in [-0.2, 0) is 12.1 Å². The van der Waals surface area contributed by atoms with E-state index in [1.807, 2.05) is 12.1 Å². The van der Waals surface area contributed by atoms with Crippen molar-refractivity contribution < 1.29 is 5.11 Å². The van der Waals surface area contributed by atoms with Gasteiger partial charge in [-0.2, -0.15) is 0 Å². The highest BCUT2D eigenvalue weighted by Crippen LogP contribution is 2.28. The summed E-state index contributed by atoms with van der Waals surface area (Å²) in [5.41, 5.74) is 8.40. The Morgan fingerprint density at radius 3 is 1.94 bits per heavy atom. The first-order chi connectivity index (χ1) is 7.66. The number of nitrogens with two attached hydrogens (primary N) is 1. The standard InChI is InChI=1S/C14H23NO/c1-3-9-14(15,10-4-2)13-7-5-12(11-16)6-8-13/h5-8,16H,3-4,9-11,15H2,1-2H3. The minimum absolute atomic E-state index is 0.0966. The molecule has 0 atom stereocenters. The van der Waals surface area contributed by atoms with Crippen molar-refractivity contribution in [1.29, 1.82) is 0 Å². The maximum Gasteiger partial charge on any atom is 0.0681 e. The third kappa shape index (κ3) is 3.06. The summed E-state index contributed by atoms with van der Waals surface area (Å²) in [5.74, 6) is 0. The van der Waals surface area contributed by atoms with Crippen molar-refractivity contribution in [2.24, 2.45) is 5.73 Å². The summed E-state index contributed by atoms with van der Waals surface area (Å²) in [6, 6.07) is 8.03. The highest BCUT2D eigenvalue weighted by atomic mass is 16.3. The van der Waals surface area contributed by atoms with Crippen LogP contribution < -0.4 is 5.73 Å².